The highest BCUT2D eigenvalue weighted by atomic mass is 16.5. The summed E-state index contributed by atoms with van der Waals surface area (Å²) in [5, 5.41) is 4.61. The van der Waals surface area contributed by atoms with Crippen molar-refractivity contribution in [3.8, 4) is 5.75 Å². The number of ether oxygens (including phenoxy) is 2. The number of rotatable bonds is 5. The predicted molar refractivity (Wildman–Crippen MR) is 99.7 cm³/mol. The smallest absolute Gasteiger partial charge is 0.325 e. The third-order valence-corrected chi connectivity index (χ3v) is 5.33. The lowest BCUT2D eigenvalue weighted by molar-refractivity contribution is -0.156. The first-order chi connectivity index (χ1) is 13.5. The minimum Gasteiger partial charge on any atom is -0.497 e. The number of ketones is 1. The van der Waals surface area contributed by atoms with Crippen LogP contribution in [0.2, 0.25) is 0 Å². The fourth-order valence-electron chi connectivity index (χ4n) is 3.93. The molecule has 1 aromatic carbocycles. The van der Waals surface area contributed by atoms with Crippen LogP contribution in [-0.2, 0) is 19.1 Å². The molecular formula is C20H24N2O6. The first-order valence-corrected chi connectivity index (χ1v) is 9.41. The third kappa shape index (κ3) is 4.88. The van der Waals surface area contributed by atoms with Gasteiger partial charge >= 0.3 is 12.0 Å². The molecule has 8 heteroatoms. The van der Waals surface area contributed by atoms with Gasteiger partial charge in [0.05, 0.1) is 13.0 Å². The van der Waals surface area contributed by atoms with Crippen molar-refractivity contribution in [3.05, 3.63) is 24.3 Å². The average Bonchev–Trinajstić information content (AvgIpc) is 2.66. The number of carbonyl (C=O) groups excluding carboxylic acids is 4. The molecular weight excluding hydrogens is 364 g/mol. The molecule has 0 aliphatic heterocycles. The predicted octanol–water partition coefficient (Wildman–Crippen LogP) is 2.28. The first-order valence-electron chi connectivity index (χ1n) is 9.41. The Balaban J connectivity index is 1.41. The number of fused-ring (bicyclic) bond motifs is 2. The maximum atomic E-state index is 12.3. The Kier molecular flexibility index (Phi) is 6.28. The van der Waals surface area contributed by atoms with Crippen molar-refractivity contribution in [2.75, 3.05) is 19.0 Å². The second-order valence-corrected chi connectivity index (χ2v) is 7.23. The van der Waals surface area contributed by atoms with Crippen LogP contribution >= 0.6 is 0 Å². The Bertz CT molecular complexity index is 744. The van der Waals surface area contributed by atoms with Crippen LogP contribution < -0.4 is 15.4 Å². The Labute approximate surface area is 163 Å². The summed E-state index contributed by atoms with van der Waals surface area (Å²) in [4.78, 5) is 48.0. The molecule has 2 bridgehead atoms. The Morgan fingerprint density at radius 3 is 2.32 bits per heavy atom. The zero-order valence-corrected chi connectivity index (χ0v) is 15.7. The molecule has 150 valence electrons. The number of amides is 3. The van der Waals surface area contributed by atoms with E-state index in [0.29, 0.717) is 24.3 Å². The van der Waals surface area contributed by atoms with E-state index in [1.807, 2.05) is 0 Å². The summed E-state index contributed by atoms with van der Waals surface area (Å²) in [6, 6.07) is 5.88. The standard InChI is InChI=1S/C20H24N2O6/c1-27-16-7-5-15(6-8-16)21-20(26)22-17(23)11-28-19(25)14-9-12-3-2-4-13(10-14)18(12)24/h5-8,12-14H,2-4,9-11H2,1H3,(H2,21,22,23,26). The van der Waals surface area contributed by atoms with Crippen molar-refractivity contribution in [2.24, 2.45) is 17.8 Å². The molecule has 0 saturated heterocycles. The van der Waals surface area contributed by atoms with Gasteiger partial charge in [0.2, 0.25) is 0 Å². The fourth-order valence-corrected chi connectivity index (χ4v) is 3.93. The molecule has 0 aromatic heterocycles. The van der Waals surface area contributed by atoms with Crippen LogP contribution in [0, 0.1) is 17.8 Å². The number of hydrogen-bond donors (Lipinski definition) is 2. The highest BCUT2D eigenvalue weighted by molar-refractivity contribution is 6.02. The molecule has 0 spiro atoms. The van der Waals surface area contributed by atoms with Gasteiger partial charge in [0.25, 0.3) is 5.91 Å². The van der Waals surface area contributed by atoms with Gasteiger partial charge in [-0.05, 0) is 49.9 Å². The normalized spacial score (nSPS) is 23.5. The van der Waals surface area contributed by atoms with Crippen molar-refractivity contribution in [3.63, 3.8) is 0 Å². The van der Waals surface area contributed by atoms with E-state index in [2.05, 4.69) is 10.6 Å². The maximum absolute atomic E-state index is 12.3. The first kappa shape index (κ1) is 19.9. The van der Waals surface area contributed by atoms with Crippen molar-refractivity contribution >= 4 is 29.4 Å². The van der Waals surface area contributed by atoms with E-state index >= 15 is 0 Å². The number of methoxy groups -OCH3 is 1. The molecule has 0 radical (unpaired) electrons. The largest absolute Gasteiger partial charge is 0.497 e. The third-order valence-electron chi connectivity index (χ3n) is 5.33. The van der Waals surface area contributed by atoms with Gasteiger partial charge < -0.3 is 14.8 Å². The summed E-state index contributed by atoms with van der Waals surface area (Å²) in [6.45, 7) is -0.533. The summed E-state index contributed by atoms with van der Waals surface area (Å²) >= 11 is 0. The lowest BCUT2D eigenvalue weighted by Gasteiger charge is -2.36. The molecule has 2 unspecified atom stereocenters. The summed E-state index contributed by atoms with van der Waals surface area (Å²) < 4.78 is 10.1. The summed E-state index contributed by atoms with van der Waals surface area (Å²) in [5.74, 6) is -0.760. The number of hydrogen-bond acceptors (Lipinski definition) is 6. The molecule has 0 heterocycles. The van der Waals surface area contributed by atoms with E-state index in [1.165, 1.54) is 7.11 Å². The molecule has 2 saturated carbocycles. The number of anilines is 1. The molecule has 1 aromatic rings. The van der Waals surface area contributed by atoms with Gasteiger partial charge in [0.1, 0.15) is 11.5 Å². The number of benzene rings is 1. The van der Waals surface area contributed by atoms with Crippen molar-refractivity contribution in [2.45, 2.75) is 32.1 Å². The van der Waals surface area contributed by atoms with Crippen molar-refractivity contribution in [1.29, 1.82) is 0 Å². The Morgan fingerprint density at radius 1 is 1.07 bits per heavy atom. The molecule has 8 nitrogen and oxygen atoms in total. The van der Waals surface area contributed by atoms with E-state index in [1.54, 1.807) is 24.3 Å². The molecule has 3 amide bonds. The van der Waals surface area contributed by atoms with E-state index < -0.39 is 24.5 Å². The van der Waals surface area contributed by atoms with Gasteiger partial charge in [0, 0.05) is 17.5 Å². The van der Waals surface area contributed by atoms with Gasteiger partial charge in [-0.2, -0.15) is 0 Å². The SMILES string of the molecule is COc1ccc(NC(=O)NC(=O)COC(=O)C2CC3CCCC(C2)C3=O)cc1. The molecule has 2 atom stereocenters. The van der Waals surface area contributed by atoms with Crippen LogP contribution in [-0.4, -0.2) is 37.4 Å². The van der Waals surface area contributed by atoms with E-state index in [9.17, 15) is 19.2 Å². The van der Waals surface area contributed by atoms with Crippen LogP contribution in [0.3, 0.4) is 0 Å². The van der Waals surface area contributed by atoms with Crippen molar-refractivity contribution in [1.82, 2.24) is 5.32 Å². The van der Waals surface area contributed by atoms with Gasteiger partial charge in [0.15, 0.2) is 6.61 Å². The summed E-state index contributed by atoms with van der Waals surface area (Å²) in [6.07, 6.45) is 3.66. The minimum atomic E-state index is -0.719. The lowest BCUT2D eigenvalue weighted by Crippen LogP contribution is -2.41. The van der Waals surface area contributed by atoms with Crippen LogP contribution in [0.1, 0.15) is 32.1 Å². The number of nitrogens with one attached hydrogen (secondary N) is 2. The minimum absolute atomic E-state index is 0.0610. The number of carbonyl (C=O) groups is 4. The van der Waals surface area contributed by atoms with Crippen LogP contribution in [0.15, 0.2) is 24.3 Å². The monoisotopic (exact) mass is 388 g/mol. The Morgan fingerprint density at radius 2 is 1.71 bits per heavy atom. The number of esters is 1. The second-order valence-electron chi connectivity index (χ2n) is 7.23. The molecule has 2 N–H and O–H groups in total. The molecule has 28 heavy (non-hydrogen) atoms. The van der Waals surface area contributed by atoms with E-state index in [-0.39, 0.29) is 23.5 Å². The molecule has 3 rings (SSSR count). The molecule has 2 fully saturated rings. The zero-order valence-electron chi connectivity index (χ0n) is 15.7. The van der Waals surface area contributed by atoms with E-state index in [4.69, 9.17) is 9.47 Å². The van der Waals surface area contributed by atoms with Gasteiger partial charge in [-0.1, -0.05) is 6.42 Å². The number of imide groups is 1. The Hall–Kier alpha value is -2.90. The van der Waals surface area contributed by atoms with Crippen molar-refractivity contribution < 1.29 is 28.7 Å². The van der Waals surface area contributed by atoms with Crippen LogP contribution in [0.4, 0.5) is 10.5 Å². The summed E-state index contributed by atoms with van der Waals surface area (Å²) in [5.41, 5.74) is 0.488. The fraction of sp³-hybridized carbons (Fsp3) is 0.500. The molecule has 2 aliphatic rings. The second kappa shape index (κ2) is 8.86. The molecule has 2 aliphatic carbocycles. The number of urea groups is 1. The average molecular weight is 388 g/mol. The van der Waals surface area contributed by atoms with Gasteiger partial charge in [-0.15, -0.1) is 0 Å². The maximum Gasteiger partial charge on any atom is 0.325 e. The highest BCUT2D eigenvalue weighted by Crippen LogP contribution is 2.40. The highest BCUT2D eigenvalue weighted by Gasteiger charge is 2.41. The van der Waals surface area contributed by atoms with Crippen LogP contribution in [0.25, 0.3) is 0 Å². The van der Waals surface area contributed by atoms with Crippen LogP contribution in [0.5, 0.6) is 5.75 Å². The topological polar surface area (TPSA) is 111 Å². The van der Waals surface area contributed by atoms with Gasteiger partial charge in [-0.3, -0.25) is 19.7 Å². The number of Topliss-reactive ketones (excluding diaryl/α,β-unsaturated/α-hetero) is 1. The van der Waals surface area contributed by atoms with Gasteiger partial charge in [-0.25, -0.2) is 4.79 Å². The summed E-state index contributed by atoms with van der Waals surface area (Å²) in [7, 11) is 1.53. The van der Waals surface area contributed by atoms with E-state index in [0.717, 1.165) is 19.3 Å². The lowest BCUT2D eigenvalue weighted by atomic mass is 9.67. The quantitative estimate of drug-likeness (QED) is 0.749. The zero-order chi connectivity index (χ0) is 20.1.